The van der Waals surface area contributed by atoms with E-state index in [0.29, 0.717) is 12.0 Å². The maximum absolute atomic E-state index is 13.2. The quantitative estimate of drug-likeness (QED) is 0.411. The van der Waals surface area contributed by atoms with Gasteiger partial charge in [0.15, 0.2) is 0 Å². The molecule has 3 aromatic rings. The first-order chi connectivity index (χ1) is 14.9. The van der Waals surface area contributed by atoms with E-state index in [1.165, 1.54) is 36.5 Å². The highest BCUT2D eigenvalue weighted by molar-refractivity contribution is 7.89. The molecule has 3 rings (SSSR count). The Bertz CT molecular complexity index is 1140. The molecule has 0 spiro atoms. The van der Waals surface area contributed by atoms with Crippen LogP contribution >= 0.6 is 0 Å². The van der Waals surface area contributed by atoms with E-state index in [1.54, 1.807) is 24.3 Å². The van der Waals surface area contributed by atoms with Gasteiger partial charge in [-0.2, -0.15) is 9.41 Å². The van der Waals surface area contributed by atoms with Crippen LogP contribution in [0.3, 0.4) is 0 Å². The summed E-state index contributed by atoms with van der Waals surface area (Å²) in [5.74, 6) is -1.02. The molecule has 0 aromatic heterocycles. The van der Waals surface area contributed by atoms with Crippen LogP contribution in [0.4, 0.5) is 4.39 Å². The van der Waals surface area contributed by atoms with Gasteiger partial charge >= 0.3 is 0 Å². The second kappa shape index (κ2) is 10.6. The highest BCUT2D eigenvalue weighted by Gasteiger charge is 2.26. The molecule has 1 amide bonds. The molecule has 6 nitrogen and oxygen atoms in total. The molecular weight excluding hydrogens is 417 g/mol. The molecule has 0 unspecified atom stereocenters. The maximum atomic E-state index is 13.2. The van der Waals surface area contributed by atoms with Gasteiger partial charge in [0, 0.05) is 6.54 Å². The molecule has 31 heavy (non-hydrogen) atoms. The standard InChI is InChI=1S/C23H22FN3O3S/c24-21-11-7-10-20(16-21)17-25-26-23(28)18-27(15-14-19-8-3-1-4-9-19)31(29,30)22-12-5-2-6-13-22/h1-13,16-17H,14-15,18H2,(H,26,28)/b25-17-. The van der Waals surface area contributed by atoms with Crippen molar-refractivity contribution >= 4 is 22.1 Å². The van der Waals surface area contributed by atoms with Gasteiger partial charge in [-0.05, 0) is 41.8 Å². The van der Waals surface area contributed by atoms with Crippen molar-refractivity contribution in [3.63, 3.8) is 0 Å². The summed E-state index contributed by atoms with van der Waals surface area (Å²) in [7, 11) is -3.88. The Labute approximate surface area is 181 Å². The van der Waals surface area contributed by atoms with Crippen LogP contribution in [-0.4, -0.2) is 37.9 Å². The molecular formula is C23H22FN3O3S. The molecule has 0 heterocycles. The first-order valence-corrected chi connectivity index (χ1v) is 11.1. The molecule has 0 fully saturated rings. The van der Waals surface area contributed by atoms with Gasteiger partial charge in [-0.25, -0.2) is 18.2 Å². The van der Waals surface area contributed by atoms with Gasteiger partial charge in [-0.15, -0.1) is 0 Å². The Hall–Kier alpha value is -3.36. The first kappa shape index (κ1) is 22.3. The average Bonchev–Trinajstić information content (AvgIpc) is 2.78. The van der Waals surface area contributed by atoms with Gasteiger partial charge in [-0.3, -0.25) is 4.79 Å². The fourth-order valence-corrected chi connectivity index (χ4v) is 4.30. The van der Waals surface area contributed by atoms with Gasteiger partial charge in [0.05, 0.1) is 17.7 Å². The van der Waals surface area contributed by atoms with E-state index in [2.05, 4.69) is 10.5 Å². The zero-order valence-electron chi connectivity index (χ0n) is 16.7. The smallest absolute Gasteiger partial charge is 0.255 e. The summed E-state index contributed by atoms with van der Waals surface area (Å²) in [5.41, 5.74) is 3.73. The summed E-state index contributed by atoms with van der Waals surface area (Å²) in [6.45, 7) is -0.271. The molecule has 0 aliphatic heterocycles. The number of benzene rings is 3. The largest absolute Gasteiger partial charge is 0.272 e. The van der Waals surface area contributed by atoms with E-state index in [1.807, 2.05) is 30.3 Å². The number of nitrogens with one attached hydrogen (secondary N) is 1. The lowest BCUT2D eigenvalue weighted by Gasteiger charge is -2.21. The van der Waals surface area contributed by atoms with Crippen LogP contribution in [-0.2, 0) is 21.2 Å². The van der Waals surface area contributed by atoms with Crippen molar-refractivity contribution in [2.75, 3.05) is 13.1 Å². The van der Waals surface area contributed by atoms with E-state index in [9.17, 15) is 17.6 Å². The number of carbonyl (C=O) groups is 1. The van der Waals surface area contributed by atoms with Crippen molar-refractivity contribution in [3.05, 3.63) is 102 Å². The average molecular weight is 440 g/mol. The summed E-state index contributed by atoms with van der Waals surface area (Å²) in [4.78, 5) is 12.5. The molecule has 160 valence electrons. The molecule has 0 radical (unpaired) electrons. The van der Waals surface area contributed by atoms with Crippen molar-refractivity contribution in [2.45, 2.75) is 11.3 Å². The lowest BCUT2D eigenvalue weighted by Crippen LogP contribution is -2.40. The number of carbonyl (C=O) groups excluding carboxylic acids is 1. The zero-order valence-corrected chi connectivity index (χ0v) is 17.5. The van der Waals surface area contributed by atoms with Crippen LogP contribution in [0, 0.1) is 5.82 Å². The van der Waals surface area contributed by atoms with E-state index < -0.39 is 28.3 Å². The van der Waals surface area contributed by atoms with Crippen molar-refractivity contribution in [3.8, 4) is 0 Å². The third-order valence-electron chi connectivity index (χ3n) is 4.45. The van der Waals surface area contributed by atoms with Crippen LogP contribution in [0.2, 0.25) is 0 Å². The monoisotopic (exact) mass is 439 g/mol. The zero-order chi connectivity index (χ0) is 22.1. The topological polar surface area (TPSA) is 78.8 Å². The van der Waals surface area contributed by atoms with Crippen LogP contribution in [0.5, 0.6) is 0 Å². The molecule has 0 saturated heterocycles. The Morgan fingerprint density at radius 2 is 1.65 bits per heavy atom. The van der Waals surface area contributed by atoms with E-state index in [4.69, 9.17) is 0 Å². The third kappa shape index (κ3) is 6.56. The van der Waals surface area contributed by atoms with Gasteiger partial charge in [0.25, 0.3) is 5.91 Å². The van der Waals surface area contributed by atoms with Crippen molar-refractivity contribution in [1.29, 1.82) is 0 Å². The SMILES string of the molecule is O=C(CN(CCc1ccccc1)S(=O)(=O)c1ccccc1)N/N=C\c1cccc(F)c1. The predicted molar refractivity (Wildman–Crippen MR) is 117 cm³/mol. The highest BCUT2D eigenvalue weighted by Crippen LogP contribution is 2.16. The highest BCUT2D eigenvalue weighted by atomic mass is 32.2. The number of hydrogen-bond donors (Lipinski definition) is 1. The molecule has 8 heteroatoms. The summed E-state index contributed by atoms with van der Waals surface area (Å²) >= 11 is 0. The maximum Gasteiger partial charge on any atom is 0.255 e. The minimum atomic E-state index is -3.88. The fourth-order valence-electron chi connectivity index (χ4n) is 2.89. The van der Waals surface area contributed by atoms with Crippen LogP contribution in [0.15, 0.2) is 94.9 Å². The normalized spacial score (nSPS) is 11.7. The second-order valence-electron chi connectivity index (χ2n) is 6.74. The lowest BCUT2D eigenvalue weighted by molar-refractivity contribution is -0.121. The Morgan fingerprint density at radius 3 is 2.32 bits per heavy atom. The van der Waals surface area contributed by atoms with Gasteiger partial charge in [-0.1, -0.05) is 60.7 Å². The Balaban J connectivity index is 1.71. The number of hydrazone groups is 1. The van der Waals surface area contributed by atoms with Crippen molar-refractivity contribution in [1.82, 2.24) is 9.73 Å². The molecule has 3 aromatic carbocycles. The van der Waals surface area contributed by atoms with Crippen LogP contribution in [0.1, 0.15) is 11.1 Å². The molecule has 0 atom stereocenters. The molecule has 0 aliphatic rings. The number of amides is 1. The number of nitrogens with zero attached hydrogens (tertiary/aromatic N) is 2. The van der Waals surface area contributed by atoms with Crippen LogP contribution in [0.25, 0.3) is 0 Å². The van der Waals surface area contributed by atoms with Crippen molar-refractivity contribution in [2.24, 2.45) is 5.10 Å². The van der Waals surface area contributed by atoms with E-state index >= 15 is 0 Å². The lowest BCUT2D eigenvalue weighted by atomic mass is 10.1. The summed E-state index contributed by atoms with van der Waals surface area (Å²) in [6, 6.07) is 23.1. The van der Waals surface area contributed by atoms with Crippen LogP contribution < -0.4 is 5.43 Å². The summed E-state index contributed by atoms with van der Waals surface area (Å²) in [6.07, 6.45) is 1.74. The molecule has 0 aliphatic carbocycles. The van der Waals surface area contributed by atoms with E-state index in [0.717, 1.165) is 9.87 Å². The Kier molecular flexibility index (Phi) is 7.64. The van der Waals surface area contributed by atoms with Gasteiger partial charge in [0.1, 0.15) is 5.82 Å². The molecule has 1 N–H and O–H groups in total. The minimum Gasteiger partial charge on any atom is -0.272 e. The number of hydrogen-bond acceptors (Lipinski definition) is 4. The molecule has 0 bridgehead atoms. The first-order valence-electron chi connectivity index (χ1n) is 9.62. The second-order valence-corrected chi connectivity index (χ2v) is 8.67. The van der Waals surface area contributed by atoms with Gasteiger partial charge < -0.3 is 0 Å². The minimum absolute atomic E-state index is 0.110. The summed E-state index contributed by atoms with van der Waals surface area (Å²) in [5, 5.41) is 3.80. The number of sulfonamides is 1. The molecule has 0 saturated carbocycles. The van der Waals surface area contributed by atoms with E-state index in [-0.39, 0.29) is 11.4 Å². The van der Waals surface area contributed by atoms with Crippen molar-refractivity contribution < 1.29 is 17.6 Å². The number of halogens is 1. The predicted octanol–water partition coefficient (Wildman–Crippen LogP) is 3.21. The Morgan fingerprint density at radius 1 is 0.968 bits per heavy atom. The fraction of sp³-hybridized carbons (Fsp3) is 0.130. The third-order valence-corrected chi connectivity index (χ3v) is 6.30. The number of rotatable bonds is 9. The summed E-state index contributed by atoms with van der Waals surface area (Å²) < 4.78 is 40.5. The van der Waals surface area contributed by atoms with Gasteiger partial charge in [0.2, 0.25) is 10.0 Å².